The van der Waals surface area contributed by atoms with Crippen LogP contribution in [0.5, 0.6) is 0 Å². The molecule has 2 rings (SSSR count). The fourth-order valence-electron chi connectivity index (χ4n) is 1.91. The Morgan fingerprint density at radius 2 is 1.90 bits per heavy atom. The van der Waals surface area contributed by atoms with E-state index in [1.807, 2.05) is 18.2 Å². The Kier molecular flexibility index (Phi) is 5.21. The SMILES string of the molecule is Cc1cc(C(Nc2cccc(I)c2)C(F)F)ccc1Cl. The van der Waals surface area contributed by atoms with Gasteiger partial charge in [0, 0.05) is 14.3 Å². The molecule has 0 spiro atoms. The Morgan fingerprint density at radius 3 is 2.50 bits per heavy atom. The van der Waals surface area contributed by atoms with Crippen LogP contribution in [0.25, 0.3) is 0 Å². The monoisotopic (exact) mass is 407 g/mol. The van der Waals surface area contributed by atoms with Gasteiger partial charge in [0.15, 0.2) is 0 Å². The molecule has 0 aromatic heterocycles. The summed E-state index contributed by atoms with van der Waals surface area (Å²) < 4.78 is 27.6. The van der Waals surface area contributed by atoms with Crippen molar-refractivity contribution in [2.45, 2.75) is 19.4 Å². The highest BCUT2D eigenvalue weighted by Crippen LogP contribution is 2.28. The molecular weight excluding hydrogens is 395 g/mol. The van der Waals surface area contributed by atoms with Gasteiger partial charge in [-0.25, -0.2) is 8.78 Å². The second kappa shape index (κ2) is 6.72. The first kappa shape index (κ1) is 15.5. The van der Waals surface area contributed by atoms with Gasteiger partial charge in [-0.15, -0.1) is 0 Å². The topological polar surface area (TPSA) is 12.0 Å². The van der Waals surface area contributed by atoms with Crippen molar-refractivity contribution in [2.24, 2.45) is 0 Å². The number of halogens is 4. The second-order valence-electron chi connectivity index (χ2n) is 4.48. The van der Waals surface area contributed by atoms with Crippen LogP contribution in [0.4, 0.5) is 14.5 Å². The Bertz CT molecular complexity index is 604. The lowest BCUT2D eigenvalue weighted by Crippen LogP contribution is -2.19. The predicted molar refractivity (Wildman–Crippen MR) is 87.7 cm³/mol. The van der Waals surface area contributed by atoms with Crippen molar-refractivity contribution >= 4 is 39.9 Å². The van der Waals surface area contributed by atoms with Crippen LogP contribution in [-0.4, -0.2) is 6.43 Å². The van der Waals surface area contributed by atoms with Gasteiger partial charge in [-0.2, -0.15) is 0 Å². The molecule has 0 amide bonds. The lowest BCUT2D eigenvalue weighted by Gasteiger charge is -2.20. The van der Waals surface area contributed by atoms with Crippen molar-refractivity contribution in [3.8, 4) is 0 Å². The van der Waals surface area contributed by atoms with Crippen molar-refractivity contribution in [3.05, 3.63) is 62.2 Å². The highest BCUT2D eigenvalue weighted by molar-refractivity contribution is 14.1. The number of nitrogens with one attached hydrogen (secondary N) is 1. The maximum absolute atomic E-state index is 13.3. The fourth-order valence-corrected chi connectivity index (χ4v) is 2.57. The number of anilines is 1. The molecule has 0 saturated heterocycles. The Labute approximate surface area is 135 Å². The fraction of sp³-hybridized carbons (Fsp3) is 0.200. The molecule has 0 saturated carbocycles. The molecule has 0 fully saturated rings. The Morgan fingerprint density at radius 1 is 1.15 bits per heavy atom. The van der Waals surface area contributed by atoms with E-state index in [9.17, 15) is 8.78 Å². The lowest BCUT2D eigenvalue weighted by molar-refractivity contribution is 0.124. The molecule has 5 heteroatoms. The molecule has 0 heterocycles. The van der Waals surface area contributed by atoms with Gasteiger partial charge in [-0.3, -0.25) is 0 Å². The Balaban J connectivity index is 2.29. The molecule has 1 N–H and O–H groups in total. The minimum Gasteiger partial charge on any atom is -0.373 e. The summed E-state index contributed by atoms with van der Waals surface area (Å²) in [6.07, 6.45) is -2.51. The van der Waals surface area contributed by atoms with Crippen LogP contribution in [0.15, 0.2) is 42.5 Å². The molecule has 0 bridgehead atoms. The van der Waals surface area contributed by atoms with Crippen LogP contribution in [0.2, 0.25) is 5.02 Å². The number of alkyl halides is 2. The summed E-state index contributed by atoms with van der Waals surface area (Å²) in [6.45, 7) is 1.81. The van der Waals surface area contributed by atoms with E-state index in [4.69, 9.17) is 11.6 Å². The number of rotatable bonds is 4. The van der Waals surface area contributed by atoms with E-state index in [2.05, 4.69) is 27.9 Å². The van der Waals surface area contributed by atoms with E-state index in [0.29, 0.717) is 16.3 Å². The van der Waals surface area contributed by atoms with Crippen molar-refractivity contribution in [1.29, 1.82) is 0 Å². The summed E-state index contributed by atoms with van der Waals surface area (Å²) in [5, 5.41) is 3.46. The first-order valence-corrected chi connectivity index (χ1v) is 7.49. The summed E-state index contributed by atoms with van der Waals surface area (Å²) in [7, 11) is 0. The molecule has 0 aliphatic carbocycles. The zero-order valence-corrected chi connectivity index (χ0v) is 13.6. The van der Waals surface area contributed by atoms with Gasteiger partial charge >= 0.3 is 0 Å². The highest BCUT2D eigenvalue weighted by atomic mass is 127. The number of hydrogen-bond donors (Lipinski definition) is 1. The summed E-state index contributed by atoms with van der Waals surface area (Å²) in [4.78, 5) is 0. The van der Waals surface area contributed by atoms with Crippen LogP contribution in [0, 0.1) is 10.5 Å². The average molecular weight is 408 g/mol. The second-order valence-corrected chi connectivity index (χ2v) is 6.13. The van der Waals surface area contributed by atoms with Gasteiger partial charge in [0.1, 0.15) is 6.04 Å². The van der Waals surface area contributed by atoms with E-state index in [1.54, 1.807) is 31.2 Å². The van der Waals surface area contributed by atoms with Crippen molar-refractivity contribution < 1.29 is 8.78 Å². The average Bonchev–Trinajstić information content (AvgIpc) is 2.39. The first-order chi connectivity index (χ1) is 9.47. The molecule has 2 aromatic rings. The molecule has 0 aliphatic rings. The maximum Gasteiger partial charge on any atom is 0.262 e. The molecule has 1 unspecified atom stereocenters. The van der Waals surface area contributed by atoms with Gasteiger partial charge in [0.2, 0.25) is 0 Å². The molecule has 0 radical (unpaired) electrons. The summed E-state index contributed by atoms with van der Waals surface area (Å²) in [5.74, 6) is 0. The predicted octanol–water partition coefficient (Wildman–Crippen LogP) is 5.67. The largest absolute Gasteiger partial charge is 0.373 e. The van der Waals surface area contributed by atoms with E-state index in [1.165, 1.54) is 0 Å². The smallest absolute Gasteiger partial charge is 0.262 e. The van der Waals surface area contributed by atoms with Crippen LogP contribution in [0.3, 0.4) is 0 Å². The van der Waals surface area contributed by atoms with Crippen LogP contribution < -0.4 is 5.32 Å². The zero-order chi connectivity index (χ0) is 14.7. The third-order valence-corrected chi connectivity index (χ3v) is 4.03. The van der Waals surface area contributed by atoms with E-state index < -0.39 is 12.5 Å². The standard InChI is InChI=1S/C15H13ClF2IN/c1-9-7-10(5-6-13(9)16)14(15(17)18)20-12-4-2-3-11(19)8-12/h2-8,14-15,20H,1H3. The molecule has 2 aromatic carbocycles. The van der Waals surface area contributed by atoms with Crippen molar-refractivity contribution in [2.75, 3.05) is 5.32 Å². The van der Waals surface area contributed by atoms with E-state index in [-0.39, 0.29) is 0 Å². The minimum atomic E-state index is -2.51. The van der Waals surface area contributed by atoms with Crippen LogP contribution in [0.1, 0.15) is 17.2 Å². The summed E-state index contributed by atoms with van der Waals surface area (Å²) in [5.41, 5.74) is 2.00. The van der Waals surface area contributed by atoms with Gasteiger partial charge < -0.3 is 5.32 Å². The van der Waals surface area contributed by atoms with Gasteiger partial charge in [-0.1, -0.05) is 29.8 Å². The third kappa shape index (κ3) is 3.82. The van der Waals surface area contributed by atoms with Crippen LogP contribution >= 0.6 is 34.2 Å². The summed E-state index contributed by atoms with van der Waals surface area (Å²) >= 11 is 8.09. The zero-order valence-electron chi connectivity index (χ0n) is 10.7. The normalized spacial score (nSPS) is 12.5. The molecule has 0 aliphatic heterocycles. The number of hydrogen-bond acceptors (Lipinski definition) is 1. The molecule has 20 heavy (non-hydrogen) atoms. The quantitative estimate of drug-likeness (QED) is 0.644. The van der Waals surface area contributed by atoms with Gasteiger partial charge in [0.05, 0.1) is 0 Å². The minimum absolute atomic E-state index is 0.528. The number of benzene rings is 2. The first-order valence-electron chi connectivity index (χ1n) is 6.03. The third-order valence-electron chi connectivity index (χ3n) is 2.94. The molecule has 1 atom stereocenters. The van der Waals surface area contributed by atoms with E-state index in [0.717, 1.165) is 9.13 Å². The van der Waals surface area contributed by atoms with Crippen molar-refractivity contribution in [3.63, 3.8) is 0 Å². The molecular formula is C15H13ClF2IN. The Hall–Kier alpha value is -0.880. The summed E-state index contributed by atoms with van der Waals surface area (Å²) in [6, 6.07) is 11.3. The van der Waals surface area contributed by atoms with E-state index >= 15 is 0 Å². The molecule has 106 valence electrons. The van der Waals surface area contributed by atoms with Crippen LogP contribution in [-0.2, 0) is 0 Å². The van der Waals surface area contributed by atoms with Gasteiger partial charge in [0.25, 0.3) is 6.43 Å². The van der Waals surface area contributed by atoms with Gasteiger partial charge in [-0.05, 0) is 64.9 Å². The molecule has 1 nitrogen and oxygen atoms in total. The van der Waals surface area contributed by atoms with Crippen molar-refractivity contribution in [1.82, 2.24) is 0 Å². The lowest BCUT2D eigenvalue weighted by atomic mass is 10.0. The number of aryl methyl sites for hydroxylation is 1. The maximum atomic E-state index is 13.3. The highest BCUT2D eigenvalue weighted by Gasteiger charge is 2.22.